The average molecular weight is 104 g/mol. The number of hydrogen-bond donors (Lipinski definition) is 2. The van der Waals surface area contributed by atoms with E-state index in [0.29, 0.717) is 0 Å². The summed E-state index contributed by atoms with van der Waals surface area (Å²) in [4.78, 5) is 0. The number of rotatable bonds is 2. The predicted molar refractivity (Wildman–Crippen MR) is 24.8 cm³/mol. The Hall–Kier alpha value is -0.700. The second-order valence-corrected chi connectivity index (χ2v) is 1.00. The summed E-state index contributed by atoms with van der Waals surface area (Å²) in [7, 11) is 1.39. The molecule has 0 atom stereocenters. The summed E-state index contributed by atoms with van der Waals surface area (Å²) < 4.78 is 4.32. The maximum absolute atomic E-state index is 8.34. The second kappa shape index (κ2) is 3.49. The van der Waals surface area contributed by atoms with Crippen molar-refractivity contribution in [2.24, 2.45) is 0 Å². The van der Waals surface area contributed by atoms with Crippen molar-refractivity contribution in [1.29, 1.82) is 0 Å². The van der Waals surface area contributed by atoms with Crippen LogP contribution < -0.4 is 0 Å². The van der Waals surface area contributed by atoms with Crippen LogP contribution >= 0.6 is 0 Å². The lowest BCUT2D eigenvalue weighted by molar-refractivity contribution is 0.226. The van der Waals surface area contributed by atoms with E-state index in [1.807, 2.05) is 0 Å². The van der Waals surface area contributed by atoms with Crippen molar-refractivity contribution < 1.29 is 14.9 Å². The van der Waals surface area contributed by atoms with Gasteiger partial charge in [-0.3, -0.25) is 0 Å². The molecule has 0 heterocycles. The van der Waals surface area contributed by atoms with Gasteiger partial charge in [-0.2, -0.15) is 0 Å². The molecular weight excluding hydrogens is 96.0 g/mol. The first-order valence-corrected chi connectivity index (χ1v) is 1.83. The Kier molecular flexibility index (Phi) is 3.14. The Morgan fingerprint density at radius 2 is 2.43 bits per heavy atom. The molecule has 0 aliphatic carbocycles. The van der Waals surface area contributed by atoms with Gasteiger partial charge in [0.2, 0.25) is 0 Å². The Morgan fingerprint density at radius 3 is 2.57 bits per heavy atom. The lowest BCUT2D eigenvalue weighted by atomic mass is 10.6. The molecule has 0 aliphatic rings. The standard InChI is InChI=1S/C4H8O3/c1-7-3-4(6)2-5/h3,5-6H,2H2,1H3/b4-3-. The van der Waals surface area contributed by atoms with Crippen LogP contribution in [0.5, 0.6) is 0 Å². The smallest absolute Gasteiger partial charge is 0.152 e. The summed E-state index contributed by atoms with van der Waals surface area (Å²) in [6, 6.07) is 0. The van der Waals surface area contributed by atoms with Gasteiger partial charge in [-0.25, -0.2) is 0 Å². The fourth-order valence-corrected chi connectivity index (χ4v) is 0.173. The zero-order chi connectivity index (χ0) is 5.70. The molecule has 3 heteroatoms. The van der Waals surface area contributed by atoms with Crippen LogP contribution in [-0.4, -0.2) is 23.9 Å². The minimum atomic E-state index is -0.367. The first kappa shape index (κ1) is 6.30. The molecular formula is C4H8O3. The number of aliphatic hydroxyl groups is 2. The SMILES string of the molecule is CO/C=C(\O)CO. The van der Waals surface area contributed by atoms with Crippen LogP contribution in [0, 0.1) is 0 Å². The summed E-state index contributed by atoms with van der Waals surface area (Å²) in [5.41, 5.74) is 0. The average Bonchev–Trinajstić information content (AvgIpc) is 1.68. The molecule has 0 aromatic carbocycles. The van der Waals surface area contributed by atoms with Crippen molar-refractivity contribution in [2.75, 3.05) is 13.7 Å². The summed E-state index contributed by atoms with van der Waals surface area (Å²) in [6.45, 7) is -0.367. The predicted octanol–water partition coefficient (Wildman–Crippen LogP) is 0.0245. The van der Waals surface area contributed by atoms with Gasteiger partial charge in [-0.15, -0.1) is 0 Å². The van der Waals surface area contributed by atoms with E-state index in [9.17, 15) is 0 Å². The number of ether oxygens (including phenoxy) is 1. The fourth-order valence-electron chi connectivity index (χ4n) is 0.173. The Bertz CT molecular complexity index is 67.3. The van der Waals surface area contributed by atoms with E-state index < -0.39 is 0 Å². The zero-order valence-corrected chi connectivity index (χ0v) is 4.09. The number of hydrogen-bond acceptors (Lipinski definition) is 3. The molecule has 2 N–H and O–H groups in total. The van der Waals surface area contributed by atoms with E-state index in [1.165, 1.54) is 7.11 Å². The lowest BCUT2D eigenvalue weighted by Gasteiger charge is -1.89. The van der Waals surface area contributed by atoms with Gasteiger partial charge in [0.15, 0.2) is 5.76 Å². The van der Waals surface area contributed by atoms with Crippen LogP contribution in [0.15, 0.2) is 12.0 Å². The van der Waals surface area contributed by atoms with Crippen molar-refractivity contribution in [3.05, 3.63) is 12.0 Å². The van der Waals surface area contributed by atoms with Crippen molar-refractivity contribution in [3.63, 3.8) is 0 Å². The molecule has 0 unspecified atom stereocenters. The molecule has 0 spiro atoms. The normalized spacial score (nSPS) is 11.4. The van der Waals surface area contributed by atoms with Crippen molar-refractivity contribution in [2.45, 2.75) is 0 Å². The molecule has 7 heavy (non-hydrogen) atoms. The minimum absolute atomic E-state index is 0.164. The second-order valence-electron chi connectivity index (χ2n) is 1.00. The molecule has 0 saturated carbocycles. The quantitative estimate of drug-likeness (QED) is 0.486. The van der Waals surface area contributed by atoms with E-state index in [1.54, 1.807) is 0 Å². The molecule has 0 fully saturated rings. The molecule has 3 nitrogen and oxygen atoms in total. The molecule has 0 aromatic rings. The molecule has 0 saturated heterocycles. The van der Waals surface area contributed by atoms with Gasteiger partial charge in [-0.05, 0) is 0 Å². The molecule has 0 amide bonds. The maximum atomic E-state index is 8.34. The molecule has 0 bridgehead atoms. The van der Waals surface area contributed by atoms with E-state index in [2.05, 4.69) is 4.74 Å². The van der Waals surface area contributed by atoms with Crippen LogP contribution in [0.25, 0.3) is 0 Å². The van der Waals surface area contributed by atoms with Crippen LogP contribution in [0.3, 0.4) is 0 Å². The molecule has 0 aromatic heterocycles. The van der Waals surface area contributed by atoms with Crippen molar-refractivity contribution in [3.8, 4) is 0 Å². The monoisotopic (exact) mass is 104 g/mol. The Labute approximate surface area is 41.8 Å². The Morgan fingerprint density at radius 1 is 1.86 bits per heavy atom. The van der Waals surface area contributed by atoms with Gasteiger partial charge >= 0.3 is 0 Å². The third-order valence-electron chi connectivity index (χ3n) is 0.416. The van der Waals surface area contributed by atoms with Gasteiger partial charge in [0.05, 0.1) is 7.11 Å². The topological polar surface area (TPSA) is 49.7 Å². The van der Waals surface area contributed by atoms with Crippen LogP contribution in [0.1, 0.15) is 0 Å². The third kappa shape index (κ3) is 3.12. The highest BCUT2D eigenvalue weighted by Crippen LogP contribution is 1.82. The zero-order valence-electron chi connectivity index (χ0n) is 4.09. The van der Waals surface area contributed by atoms with Gasteiger partial charge in [-0.1, -0.05) is 0 Å². The van der Waals surface area contributed by atoms with E-state index in [4.69, 9.17) is 10.2 Å². The minimum Gasteiger partial charge on any atom is -0.507 e. The highest BCUT2D eigenvalue weighted by atomic mass is 16.5. The van der Waals surface area contributed by atoms with Gasteiger partial charge in [0.25, 0.3) is 0 Å². The van der Waals surface area contributed by atoms with Crippen LogP contribution in [-0.2, 0) is 4.74 Å². The number of aliphatic hydroxyl groups excluding tert-OH is 2. The largest absolute Gasteiger partial charge is 0.507 e. The fraction of sp³-hybridized carbons (Fsp3) is 0.500. The maximum Gasteiger partial charge on any atom is 0.152 e. The third-order valence-corrected chi connectivity index (χ3v) is 0.416. The lowest BCUT2D eigenvalue weighted by Crippen LogP contribution is -1.87. The first-order valence-electron chi connectivity index (χ1n) is 1.83. The Balaban J connectivity index is 3.29. The summed E-state index contributed by atoms with van der Waals surface area (Å²) in [5.74, 6) is -0.164. The van der Waals surface area contributed by atoms with Crippen LogP contribution in [0.2, 0.25) is 0 Å². The highest BCUT2D eigenvalue weighted by molar-refractivity contribution is 4.82. The van der Waals surface area contributed by atoms with E-state index in [-0.39, 0.29) is 12.4 Å². The first-order chi connectivity index (χ1) is 3.31. The summed E-state index contributed by atoms with van der Waals surface area (Å²) in [5, 5.41) is 16.4. The molecule has 42 valence electrons. The highest BCUT2D eigenvalue weighted by Gasteiger charge is 1.82. The summed E-state index contributed by atoms with van der Waals surface area (Å²) >= 11 is 0. The van der Waals surface area contributed by atoms with Gasteiger partial charge < -0.3 is 14.9 Å². The summed E-state index contributed by atoms with van der Waals surface area (Å²) in [6.07, 6.45) is 1.07. The van der Waals surface area contributed by atoms with E-state index >= 15 is 0 Å². The molecule has 0 aliphatic heterocycles. The van der Waals surface area contributed by atoms with Gasteiger partial charge in [0.1, 0.15) is 12.9 Å². The molecule has 0 radical (unpaired) electrons. The van der Waals surface area contributed by atoms with Crippen molar-refractivity contribution in [1.82, 2.24) is 0 Å². The van der Waals surface area contributed by atoms with E-state index in [0.717, 1.165) is 6.26 Å². The van der Waals surface area contributed by atoms with Crippen molar-refractivity contribution >= 4 is 0 Å². The molecule has 0 rings (SSSR count). The van der Waals surface area contributed by atoms with Crippen LogP contribution in [0.4, 0.5) is 0 Å². The number of methoxy groups -OCH3 is 1. The van der Waals surface area contributed by atoms with Gasteiger partial charge in [0, 0.05) is 0 Å².